The first kappa shape index (κ1) is 11.5. The standard InChI is InChI=1S/C14H18BrNO/c15-11-3-6-14(17-13-4-5-13)10(8-11)9-12-2-1-7-16-12/h3,6,8,12-13,16H,1-2,4-5,7,9H2. The van der Waals surface area contributed by atoms with Gasteiger partial charge in [0, 0.05) is 10.5 Å². The van der Waals surface area contributed by atoms with E-state index in [0.29, 0.717) is 12.1 Å². The Morgan fingerprint density at radius 2 is 2.18 bits per heavy atom. The molecule has 3 rings (SSSR count). The summed E-state index contributed by atoms with van der Waals surface area (Å²) in [6, 6.07) is 7.01. The minimum absolute atomic E-state index is 0.478. The molecule has 0 spiro atoms. The van der Waals surface area contributed by atoms with Crippen LogP contribution in [0.2, 0.25) is 0 Å². The number of benzene rings is 1. The van der Waals surface area contributed by atoms with Crippen molar-refractivity contribution in [1.29, 1.82) is 0 Å². The molecular weight excluding hydrogens is 278 g/mol. The number of rotatable bonds is 4. The van der Waals surface area contributed by atoms with Gasteiger partial charge >= 0.3 is 0 Å². The van der Waals surface area contributed by atoms with E-state index >= 15 is 0 Å². The summed E-state index contributed by atoms with van der Waals surface area (Å²) >= 11 is 3.55. The van der Waals surface area contributed by atoms with Crippen molar-refractivity contribution in [3.63, 3.8) is 0 Å². The largest absolute Gasteiger partial charge is 0.490 e. The summed E-state index contributed by atoms with van der Waals surface area (Å²) in [7, 11) is 0. The molecule has 2 nitrogen and oxygen atoms in total. The van der Waals surface area contributed by atoms with E-state index in [1.165, 1.54) is 31.2 Å². The quantitative estimate of drug-likeness (QED) is 0.920. The Hall–Kier alpha value is -0.540. The number of hydrogen-bond acceptors (Lipinski definition) is 2. The minimum atomic E-state index is 0.478. The van der Waals surface area contributed by atoms with Crippen LogP contribution >= 0.6 is 15.9 Å². The summed E-state index contributed by atoms with van der Waals surface area (Å²) < 4.78 is 7.12. The minimum Gasteiger partial charge on any atom is -0.490 e. The number of ether oxygens (including phenoxy) is 1. The monoisotopic (exact) mass is 295 g/mol. The van der Waals surface area contributed by atoms with Crippen molar-refractivity contribution in [3.05, 3.63) is 28.2 Å². The van der Waals surface area contributed by atoms with E-state index < -0.39 is 0 Å². The van der Waals surface area contributed by atoms with Crippen molar-refractivity contribution >= 4 is 15.9 Å². The van der Waals surface area contributed by atoms with Crippen LogP contribution in [0.5, 0.6) is 5.75 Å². The molecule has 2 aliphatic rings. The Kier molecular flexibility index (Phi) is 3.39. The van der Waals surface area contributed by atoms with E-state index in [9.17, 15) is 0 Å². The van der Waals surface area contributed by atoms with Crippen LogP contribution in [0.25, 0.3) is 0 Å². The highest BCUT2D eigenvalue weighted by molar-refractivity contribution is 9.10. The normalized spacial score (nSPS) is 23.9. The maximum atomic E-state index is 5.97. The molecule has 1 aliphatic carbocycles. The maximum Gasteiger partial charge on any atom is 0.123 e. The van der Waals surface area contributed by atoms with E-state index in [-0.39, 0.29) is 0 Å². The van der Waals surface area contributed by atoms with Gasteiger partial charge in [0.05, 0.1) is 6.10 Å². The SMILES string of the molecule is Brc1ccc(OC2CC2)c(CC2CCCN2)c1. The molecule has 92 valence electrons. The van der Waals surface area contributed by atoms with Crippen LogP contribution in [0.4, 0.5) is 0 Å². The third-order valence-electron chi connectivity index (χ3n) is 3.47. The molecule has 1 heterocycles. The Morgan fingerprint density at radius 3 is 2.88 bits per heavy atom. The predicted octanol–water partition coefficient (Wildman–Crippen LogP) is 3.28. The molecule has 1 atom stereocenters. The number of halogens is 1. The zero-order valence-corrected chi connectivity index (χ0v) is 11.5. The number of nitrogens with one attached hydrogen (secondary N) is 1. The Morgan fingerprint density at radius 1 is 1.29 bits per heavy atom. The predicted molar refractivity (Wildman–Crippen MR) is 72.5 cm³/mol. The van der Waals surface area contributed by atoms with Gasteiger partial charge in [0.15, 0.2) is 0 Å². The Bertz CT molecular complexity index is 397. The van der Waals surface area contributed by atoms with Gasteiger partial charge < -0.3 is 10.1 Å². The van der Waals surface area contributed by atoms with E-state index in [1.54, 1.807) is 0 Å². The summed E-state index contributed by atoms with van der Waals surface area (Å²) in [6.45, 7) is 1.16. The molecule has 2 fully saturated rings. The van der Waals surface area contributed by atoms with Gasteiger partial charge in [-0.25, -0.2) is 0 Å². The lowest BCUT2D eigenvalue weighted by Gasteiger charge is -2.15. The molecule has 1 aliphatic heterocycles. The Labute approximate surface area is 111 Å². The Balaban J connectivity index is 1.76. The van der Waals surface area contributed by atoms with Gasteiger partial charge in [0.2, 0.25) is 0 Å². The maximum absolute atomic E-state index is 5.97. The summed E-state index contributed by atoms with van der Waals surface area (Å²) in [4.78, 5) is 0. The molecule has 1 saturated carbocycles. The summed E-state index contributed by atoms with van der Waals surface area (Å²) in [5.74, 6) is 1.09. The van der Waals surface area contributed by atoms with Gasteiger partial charge in [-0.3, -0.25) is 0 Å². The molecular formula is C14H18BrNO. The van der Waals surface area contributed by atoms with E-state index in [1.807, 2.05) is 0 Å². The van der Waals surface area contributed by atoms with Crippen LogP contribution in [0.3, 0.4) is 0 Å². The molecule has 17 heavy (non-hydrogen) atoms. The van der Waals surface area contributed by atoms with Crippen LogP contribution in [0.1, 0.15) is 31.2 Å². The average Bonchev–Trinajstić information content (AvgIpc) is 2.98. The summed E-state index contributed by atoms with van der Waals surface area (Å²) in [6.07, 6.45) is 6.59. The lowest BCUT2D eigenvalue weighted by atomic mass is 10.0. The van der Waals surface area contributed by atoms with Gasteiger partial charge in [-0.05, 0) is 62.4 Å². The molecule has 3 heteroatoms. The molecule has 0 aromatic heterocycles. The fourth-order valence-corrected chi connectivity index (χ4v) is 2.79. The first-order chi connectivity index (χ1) is 8.31. The molecule has 1 aromatic rings. The highest BCUT2D eigenvalue weighted by Gasteiger charge is 2.25. The van der Waals surface area contributed by atoms with Crippen molar-refractivity contribution in [2.45, 2.75) is 44.2 Å². The fraction of sp³-hybridized carbons (Fsp3) is 0.571. The lowest BCUT2D eigenvalue weighted by Crippen LogP contribution is -2.24. The first-order valence-electron chi connectivity index (χ1n) is 6.50. The third kappa shape index (κ3) is 3.02. The number of hydrogen-bond donors (Lipinski definition) is 1. The molecule has 1 saturated heterocycles. The topological polar surface area (TPSA) is 21.3 Å². The van der Waals surface area contributed by atoms with E-state index in [4.69, 9.17) is 4.74 Å². The van der Waals surface area contributed by atoms with Crippen LogP contribution in [-0.4, -0.2) is 18.7 Å². The fourth-order valence-electron chi connectivity index (χ4n) is 2.38. The van der Waals surface area contributed by atoms with Gasteiger partial charge in [0.25, 0.3) is 0 Å². The van der Waals surface area contributed by atoms with Crippen molar-refractivity contribution < 1.29 is 4.74 Å². The smallest absolute Gasteiger partial charge is 0.123 e. The average molecular weight is 296 g/mol. The van der Waals surface area contributed by atoms with Crippen molar-refractivity contribution in [2.24, 2.45) is 0 Å². The van der Waals surface area contributed by atoms with Gasteiger partial charge in [-0.1, -0.05) is 15.9 Å². The highest BCUT2D eigenvalue weighted by atomic mass is 79.9. The zero-order chi connectivity index (χ0) is 11.7. The van der Waals surface area contributed by atoms with Crippen molar-refractivity contribution in [2.75, 3.05) is 6.54 Å². The lowest BCUT2D eigenvalue weighted by molar-refractivity contribution is 0.299. The zero-order valence-electron chi connectivity index (χ0n) is 9.92. The van der Waals surface area contributed by atoms with Gasteiger partial charge in [0.1, 0.15) is 5.75 Å². The first-order valence-corrected chi connectivity index (χ1v) is 7.29. The van der Waals surface area contributed by atoms with Gasteiger partial charge in [-0.15, -0.1) is 0 Å². The van der Waals surface area contributed by atoms with Crippen LogP contribution < -0.4 is 10.1 Å². The van der Waals surface area contributed by atoms with Crippen molar-refractivity contribution in [1.82, 2.24) is 5.32 Å². The second-order valence-corrected chi connectivity index (χ2v) is 5.98. The van der Waals surface area contributed by atoms with Crippen LogP contribution in [0.15, 0.2) is 22.7 Å². The second kappa shape index (κ2) is 4.99. The van der Waals surface area contributed by atoms with Gasteiger partial charge in [-0.2, -0.15) is 0 Å². The molecule has 0 amide bonds. The summed E-state index contributed by atoms with van der Waals surface area (Å²) in [5.41, 5.74) is 1.34. The molecule has 1 aromatic carbocycles. The van der Waals surface area contributed by atoms with E-state index in [0.717, 1.165) is 23.2 Å². The third-order valence-corrected chi connectivity index (χ3v) is 3.96. The molecule has 1 N–H and O–H groups in total. The second-order valence-electron chi connectivity index (χ2n) is 5.07. The highest BCUT2D eigenvalue weighted by Crippen LogP contribution is 2.32. The van der Waals surface area contributed by atoms with Crippen molar-refractivity contribution in [3.8, 4) is 5.75 Å². The van der Waals surface area contributed by atoms with Crippen LogP contribution in [-0.2, 0) is 6.42 Å². The molecule has 1 unspecified atom stereocenters. The summed E-state index contributed by atoms with van der Waals surface area (Å²) in [5, 5.41) is 3.55. The molecule has 0 bridgehead atoms. The van der Waals surface area contributed by atoms with E-state index in [2.05, 4.69) is 39.4 Å². The molecule has 0 radical (unpaired) electrons. The van der Waals surface area contributed by atoms with Crippen LogP contribution in [0, 0.1) is 0 Å².